The maximum atomic E-state index is 3.68. The van der Waals surface area contributed by atoms with Gasteiger partial charge >= 0.3 is 0 Å². The van der Waals surface area contributed by atoms with Crippen LogP contribution in [0.15, 0.2) is 205 Å². The summed E-state index contributed by atoms with van der Waals surface area (Å²) in [6.07, 6.45) is 21.7. The fraction of sp³-hybridized carbons (Fsp3) is 0.194. The first kappa shape index (κ1) is 37.5. The van der Waals surface area contributed by atoms with Crippen LogP contribution in [0.1, 0.15) is 68.1 Å². The average Bonchev–Trinajstić information content (AvgIpc) is 3.68. The summed E-state index contributed by atoms with van der Waals surface area (Å²) in [5.74, 6) is 2.83. The van der Waals surface area contributed by atoms with Gasteiger partial charge in [-0.15, -0.1) is 0 Å². The van der Waals surface area contributed by atoms with E-state index >= 15 is 0 Å². The van der Waals surface area contributed by atoms with Gasteiger partial charge in [0, 0.05) is 33.4 Å². The van der Waals surface area contributed by atoms with Crippen molar-refractivity contribution in [3.63, 3.8) is 0 Å². The summed E-state index contributed by atoms with van der Waals surface area (Å²) in [5.41, 5.74) is 23.2. The van der Waals surface area contributed by atoms with Crippen LogP contribution in [0.3, 0.4) is 0 Å². The highest BCUT2D eigenvalue weighted by Crippen LogP contribution is 2.61. The second-order valence-corrected chi connectivity index (χ2v) is 19.3. The molecule has 1 aromatic heterocycles. The Morgan fingerprint density at radius 2 is 1.25 bits per heavy atom. The summed E-state index contributed by atoms with van der Waals surface area (Å²) < 4.78 is 2.41. The molecule has 0 radical (unpaired) electrons. The Balaban J connectivity index is 0.949. The molecule has 308 valence electrons. The van der Waals surface area contributed by atoms with Crippen LogP contribution >= 0.6 is 0 Å². The summed E-state index contributed by atoms with van der Waals surface area (Å²) in [7, 11) is 0. The van der Waals surface area contributed by atoms with Crippen molar-refractivity contribution >= 4 is 55.1 Å². The van der Waals surface area contributed by atoms with Gasteiger partial charge in [-0.3, -0.25) is 0 Å². The van der Waals surface area contributed by atoms with Gasteiger partial charge in [0.25, 0.3) is 0 Å². The van der Waals surface area contributed by atoms with Gasteiger partial charge in [-0.05, 0) is 168 Å². The van der Waals surface area contributed by atoms with E-state index in [1.54, 1.807) is 5.56 Å². The molecule has 6 aliphatic rings. The number of benzene rings is 7. The fourth-order valence-electron chi connectivity index (χ4n) is 13.1. The number of para-hydroxylation sites is 2. The maximum Gasteiger partial charge on any atom is 0.0631 e. The van der Waals surface area contributed by atoms with Gasteiger partial charge in [0.05, 0.1) is 22.3 Å². The van der Waals surface area contributed by atoms with Crippen molar-refractivity contribution in [1.82, 2.24) is 4.57 Å². The molecule has 6 aliphatic carbocycles. The first-order valence-corrected chi connectivity index (χ1v) is 23.6. The van der Waals surface area contributed by atoms with Crippen LogP contribution in [0.4, 0.5) is 11.4 Å². The Morgan fingerprint density at radius 1 is 0.578 bits per heavy atom. The van der Waals surface area contributed by atoms with E-state index in [4.69, 9.17) is 0 Å². The van der Waals surface area contributed by atoms with Crippen molar-refractivity contribution < 1.29 is 0 Å². The first-order valence-electron chi connectivity index (χ1n) is 23.6. The number of rotatable bonds is 8. The van der Waals surface area contributed by atoms with Crippen molar-refractivity contribution in [3.05, 3.63) is 222 Å². The van der Waals surface area contributed by atoms with Gasteiger partial charge in [-0.1, -0.05) is 145 Å². The lowest BCUT2D eigenvalue weighted by Crippen LogP contribution is -2.48. The smallest absolute Gasteiger partial charge is 0.0631 e. The lowest BCUT2D eigenvalue weighted by Gasteiger charge is -2.57. The molecule has 4 fully saturated rings. The van der Waals surface area contributed by atoms with Crippen molar-refractivity contribution in [2.24, 2.45) is 17.8 Å². The zero-order chi connectivity index (χ0) is 42.2. The van der Waals surface area contributed by atoms with Crippen LogP contribution in [0.25, 0.3) is 60.5 Å². The molecular weight excluding hydrogens is 773 g/mol. The number of allylic oxidation sites excluding steroid dienone is 7. The highest BCUT2D eigenvalue weighted by atomic mass is 15.2. The normalized spacial score (nSPS) is 22.0. The number of anilines is 2. The van der Waals surface area contributed by atoms with E-state index in [0.717, 1.165) is 64.5 Å². The zero-order valence-electron chi connectivity index (χ0n) is 36.2. The lowest BCUT2D eigenvalue weighted by atomic mass is 9.48. The second kappa shape index (κ2) is 15.0. The molecule has 0 spiro atoms. The molecular formula is C62H50N2. The Kier molecular flexibility index (Phi) is 8.80. The van der Waals surface area contributed by atoms with E-state index in [-0.39, 0.29) is 0 Å². The molecule has 0 amide bonds. The molecule has 0 saturated heterocycles. The summed E-state index contributed by atoms with van der Waals surface area (Å²) in [6, 6.07) is 59.0. The number of nitrogens with zero attached hydrogens (tertiary/aromatic N) is 2. The molecule has 0 unspecified atom stereocenters. The zero-order valence-corrected chi connectivity index (χ0v) is 36.2. The Labute approximate surface area is 376 Å². The molecule has 2 nitrogen and oxygen atoms in total. The molecule has 4 bridgehead atoms. The summed E-state index contributed by atoms with van der Waals surface area (Å²) >= 11 is 0. The first-order chi connectivity index (χ1) is 31.7. The van der Waals surface area contributed by atoms with Crippen molar-refractivity contribution in [2.75, 3.05) is 4.90 Å². The highest BCUT2D eigenvalue weighted by Gasteiger charge is 2.51. The van der Waals surface area contributed by atoms with Crippen LogP contribution in [-0.2, 0) is 5.41 Å². The Bertz CT molecular complexity index is 3320. The van der Waals surface area contributed by atoms with E-state index in [2.05, 4.69) is 203 Å². The van der Waals surface area contributed by atoms with Gasteiger partial charge < -0.3 is 9.47 Å². The maximum absolute atomic E-state index is 3.68. The standard InChI is InChI=1S/C62H50N2/c1-3-13-47(14-4-1)53-21-11-15-48-16-12-22-57(61(48)53)55-20-8-9-23-58(55)63(52-33-34-56-54-19-7-10-24-59(54)64(60(56)38-52)50-17-5-2-6-18-50)51-31-27-46(28-32-51)45-25-29-49(30-26-45)62-39-42-35-43(40-62)37-44(36-42)41-62/h1-3,5-7,9-13,15-19,21-34,38,42-44H,4,14,35-37,39-41H2. The van der Waals surface area contributed by atoms with Gasteiger partial charge in [0.15, 0.2) is 0 Å². The van der Waals surface area contributed by atoms with Crippen LogP contribution in [0.5, 0.6) is 0 Å². The summed E-state index contributed by atoms with van der Waals surface area (Å²) in [4.78, 5) is 2.44. The fourth-order valence-corrected chi connectivity index (χ4v) is 13.1. The Hall–Kier alpha value is -7.08. The predicted molar refractivity (Wildman–Crippen MR) is 268 cm³/mol. The third-order valence-electron chi connectivity index (χ3n) is 15.5. The average molecular weight is 823 g/mol. The quantitative estimate of drug-likeness (QED) is 0.139. The molecule has 4 saturated carbocycles. The number of aromatic nitrogens is 1. The van der Waals surface area contributed by atoms with Crippen LogP contribution in [-0.4, -0.2) is 4.57 Å². The molecule has 64 heavy (non-hydrogen) atoms. The monoisotopic (exact) mass is 822 g/mol. The molecule has 8 aromatic rings. The largest absolute Gasteiger partial charge is 0.309 e. The molecule has 14 rings (SSSR count). The van der Waals surface area contributed by atoms with Gasteiger partial charge in [-0.25, -0.2) is 0 Å². The topological polar surface area (TPSA) is 8.17 Å². The minimum atomic E-state index is 0.405. The van der Waals surface area contributed by atoms with Crippen molar-refractivity contribution in [1.29, 1.82) is 0 Å². The SMILES string of the molecule is C1=C=C(c2cccc3cccc(C4=CC=CCC4)c23)C(N(c2ccc(-c3ccc(C45CC6CC(CC(C6)C4)C5)cc3)cc2)c2ccc3c4ccccc4n(-c4ccccc4)c3c2)=CC=1. The number of fused-ring (bicyclic) bond motifs is 4. The van der Waals surface area contributed by atoms with E-state index < -0.39 is 0 Å². The minimum Gasteiger partial charge on any atom is -0.309 e. The molecule has 0 N–H and O–H groups in total. The third-order valence-corrected chi connectivity index (χ3v) is 15.5. The van der Waals surface area contributed by atoms with Gasteiger partial charge in [-0.2, -0.15) is 0 Å². The molecule has 2 heteroatoms. The van der Waals surface area contributed by atoms with Crippen LogP contribution in [0.2, 0.25) is 0 Å². The molecule has 0 aliphatic heterocycles. The van der Waals surface area contributed by atoms with Gasteiger partial charge in [0.1, 0.15) is 0 Å². The minimum absolute atomic E-state index is 0.405. The van der Waals surface area contributed by atoms with E-state index in [1.165, 1.54) is 93.4 Å². The third kappa shape index (κ3) is 6.17. The van der Waals surface area contributed by atoms with Gasteiger partial charge in [0.2, 0.25) is 0 Å². The number of hydrogen-bond acceptors (Lipinski definition) is 1. The summed E-state index contributed by atoms with van der Waals surface area (Å²) in [5, 5.41) is 4.97. The van der Waals surface area contributed by atoms with Crippen molar-refractivity contribution in [3.8, 4) is 16.8 Å². The molecule has 1 heterocycles. The molecule has 0 atom stereocenters. The van der Waals surface area contributed by atoms with E-state index in [1.807, 2.05) is 6.08 Å². The number of hydrogen-bond donors (Lipinski definition) is 0. The molecule has 7 aromatic carbocycles. The van der Waals surface area contributed by atoms with E-state index in [0.29, 0.717) is 5.41 Å². The van der Waals surface area contributed by atoms with E-state index in [9.17, 15) is 0 Å². The highest BCUT2D eigenvalue weighted by molar-refractivity contribution is 6.11. The Morgan fingerprint density at radius 3 is 1.98 bits per heavy atom. The summed E-state index contributed by atoms with van der Waals surface area (Å²) in [6.45, 7) is 0. The predicted octanol–water partition coefficient (Wildman–Crippen LogP) is 16.2. The lowest BCUT2D eigenvalue weighted by molar-refractivity contribution is -0.00518. The second-order valence-electron chi connectivity index (χ2n) is 19.3. The van der Waals surface area contributed by atoms with Crippen LogP contribution in [0, 0.1) is 17.8 Å². The van der Waals surface area contributed by atoms with Crippen LogP contribution < -0.4 is 4.90 Å². The van der Waals surface area contributed by atoms with Crippen molar-refractivity contribution in [2.45, 2.75) is 56.8 Å².